The number of hydrogen-bond donors (Lipinski definition) is 1. The van der Waals surface area contributed by atoms with Crippen LogP contribution in [-0.4, -0.2) is 5.11 Å². The molecule has 3 nitrogen and oxygen atoms in total. The molecule has 0 unspecified atom stereocenters. The fourth-order valence-electron chi connectivity index (χ4n) is 1.95. The van der Waals surface area contributed by atoms with Crippen LogP contribution in [0.5, 0.6) is 11.5 Å². The summed E-state index contributed by atoms with van der Waals surface area (Å²) < 4.78 is 11.0. The van der Waals surface area contributed by atoms with Crippen LogP contribution in [-0.2, 0) is 6.61 Å². The molecule has 0 saturated heterocycles. The van der Waals surface area contributed by atoms with Crippen molar-refractivity contribution in [3.8, 4) is 11.5 Å². The van der Waals surface area contributed by atoms with E-state index in [1.54, 1.807) is 30.5 Å². The van der Waals surface area contributed by atoms with Crippen molar-refractivity contribution < 1.29 is 14.3 Å². The fraction of sp³-hybridized carbons (Fsp3) is 0.0667. The third-order valence-electron chi connectivity index (χ3n) is 2.87. The maximum atomic E-state index is 9.63. The highest BCUT2D eigenvalue weighted by Crippen LogP contribution is 2.31. The lowest BCUT2D eigenvalue weighted by Crippen LogP contribution is -1.94. The standard InChI is InChI=1S/C15H11ClO3/c16-11-4-3-7-14-15(11)10(9-19-14)8-18-13-6-2-1-5-12(13)17/h1-7,9,17H,8H2. The summed E-state index contributed by atoms with van der Waals surface area (Å²) in [6.45, 7) is 0.286. The molecule has 0 aliphatic carbocycles. The first-order chi connectivity index (χ1) is 9.25. The van der Waals surface area contributed by atoms with Gasteiger partial charge in [0.25, 0.3) is 0 Å². The summed E-state index contributed by atoms with van der Waals surface area (Å²) in [5, 5.41) is 11.1. The van der Waals surface area contributed by atoms with Crippen molar-refractivity contribution in [2.24, 2.45) is 0 Å². The first-order valence-electron chi connectivity index (χ1n) is 5.81. The Kier molecular flexibility index (Phi) is 3.05. The maximum Gasteiger partial charge on any atom is 0.161 e. The molecule has 0 bridgehead atoms. The number of phenolic OH excluding ortho intramolecular Hbond substituents is 1. The monoisotopic (exact) mass is 274 g/mol. The smallest absolute Gasteiger partial charge is 0.161 e. The van der Waals surface area contributed by atoms with Gasteiger partial charge in [-0.15, -0.1) is 0 Å². The molecular weight excluding hydrogens is 264 g/mol. The van der Waals surface area contributed by atoms with Crippen molar-refractivity contribution in [1.29, 1.82) is 0 Å². The quantitative estimate of drug-likeness (QED) is 0.771. The van der Waals surface area contributed by atoms with Gasteiger partial charge in [0.15, 0.2) is 11.5 Å². The Labute approximate surface area is 115 Å². The predicted octanol–water partition coefficient (Wildman–Crippen LogP) is 4.37. The molecule has 1 heterocycles. The van der Waals surface area contributed by atoms with Crippen LogP contribution < -0.4 is 4.74 Å². The second-order valence-corrected chi connectivity index (χ2v) is 4.54. The Morgan fingerprint density at radius 1 is 1.11 bits per heavy atom. The Bertz CT molecular complexity index is 718. The summed E-state index contributed by atoms with van der Waals surface area (Å²) in [5.74, 6) is 0.547. The number of hydrogen-bond acceptors (Lipinski definition) is 3. The molecule has 0 amide bonds. The van der Waals surface area contributed by atoms with Crippen LogP contribution in [0, 0.1) is 0 Å². The normalized spacial score (nSPS) is 10.8. The van der Waals surface area contributed by atoms with Crippen molar-refractivity contribution in [3.63, 3.8) is 0 Å². The van der Waals surface area contributed by atoms with Gasteiger partial charge in [-0.1, -0.05) is 29.8 Å². The number of fused-ring (bicyclic) bond motifs is 1. The van der Waals surface area contributed by atoms with Crippen molar-refractivity contribution in [2.45, 2.75) is 6.61 Å². The van der Waals surface area contributed by atoms with Gasteiger partial charge in [0.1, 0.15) is 12.2 Å². The Hall–Kier alpha value is -2.13. The summed E-state index contributed by atoms with van der Waals surface area (Å²) in [4.78, 5) is 0. The van der Waals surface area contributed by atoms with Gasteiger partial charge in [0, 0.05) is 10.9 Å². The van der Waals surface area contributed by atoms with E-state index in [2.05, 4.69) is 0 Å². The average molecular weight is 275 g/mol. The molecule has 0 spiro atoms. The molecule has 2 aromatic carbocycles. The molecule has 0 radical (unpaired) electrons. The van der Waals surface area contributed by atoms with Gasteiger partial charge in [0.2, 0.25) is 0 Å². The van der Waals surface area contributed by atoms with Crippen molar-refractivity contribution in [2.75, 3.05) is 0 Å². The van der Waals surface area contributed by atoms with E-state index in [0.29, 0.717) is 10.8 Å². The zero-order valence-electron chi connectivity index (χ0n) is 9.97. The van der Waals surface area contributed by atoms with Gasteiger partial charge >= 0.3 is 0 Å². The molecule has 0 atom stereocenters. The molecule has 4 heteroatoms. The zero-order chi connectivity index (χ0) is 13.2. The second kappa shape index (κ2) is 4.86. The van der Waals surface area contributed by atoms with E-state index >= 15 is 0 Å². The lowest BCUT2D eigenvalue weighted by molar-refractivity contribution is 0.289. The van der Waals surface area contributed by atoms with Crippen LogP contribution in [0.15, 0.2) is 53.1 Å². The minimum Gasteiger partial charge on any atom is -0.504 e. The van der Waals surface area contributed by atoms with Crippen LogP contribution >= 0.6 is 11.6 Å². The van der Waals surface area contributed by atoms with Gasteiger partial charge in [-0.2, -0.15) is 0 Å². The van der Waals surface area contributed by atoms with E-state index in [1.807, 2.05) is 18.2 Å². The lowest BCUT2D eigenvalue weighted by atomic mass is 10.2. The first-order valence-corrected chi connectivity index (χ1v) is 6.19. The highest BCUT2D eigenvalue weighted by atomic mass is 35.5. The number of rotatable bonds is 3. The molecule has 1 aromatic heterocycles. The summed E-state index contributed by atoms with van der Waals surface area (Å²) in [6.07, 6.45) is 1.62. The van der Waals surface area contributed by atoms with E-state index in [-0.39, 0.29) is 12.4 Å². The minimum absolute atomic E-state index is 0.112. The Morgan fingerprint density at radius 2 is 1.95 bits per heavy atom. The summed E-state index contributed by atoms with van der Waals surface area (Å²) in [5.41, 5.74) is 1.58. The van der Waals surface area contributed by atoms with Crippen LogP contribution in [0.3, 0.4) is 0 Å². The highest BCUT2D eigenvalue weighted by Gasteiger charge is 2.10. The van der Waals surface area contributed by atoms with Gasteiger partial charge < -0.3 is 14.3 Å². The third kappa shape index (κ3) is 2.25. The number of furan rings is 1. The number of para-hydroxylation sites is 2. The molecule has 0 saturated carbocycles. The molecule has 19 heavy (non-hydrogen) atoms. The van der Waals surface area contributed by atoms with Crippen molar-refractivity contribution in [1.82, 2.24) is 0 Å². The Morgan fingerprint density at radius 3 is 2.79 bits per heavy atom. The molecule has 0 aliphatic rings. The maximum absolute atomic E-state index is 9.63. The topological polar surface area (TPSA) is 42.6 Å². The van der Waals surface area contributed by atoms with E-state index in [1.165, 1.54) is 0 Å². The van der Waals surface area contributed by atoms with Gasteiger partial charge in [-0.05, 0) is 24.3 Å². The number of aromatic hydroxyl groups is 1. The highest BCUT2D eigenvalue weighted by molar-refractivity contribution is 6.35. The lowest BCUT2D eigenvalue weighted by Gasteiger charge is -2.06. The predicted molar refractivity (Wildman–Crippen MR) is 73.7 cm³/mol. The Balaban J connectivity index is 1.89. The van der Waals surface area contributed by atoms with E-state index < -0.39 is 0 Å². The van der Waals surface area contributed by atoms with Gasteiger partial charge in [-0.3, -0.25) is 0 Å². The van der Waals surface area contributed by atoms with Crippen LogP contribution in [0.25, 0.3) is 11.0 Å². The van der Waals surface area contributed by atoms with Gasteiger partial charge in [-0.25, -0.2) is 0 Å². The van der Waals surface area contributed by atoms with Crippen LogP contribution in [0.1, 0.15) is 5.56 Å². The zero-order valence-corrected chi connectivity index (χ0v) is 10.7. The van der Waals surface area contributed by atoms with E-state index in [9.17, 15) is 5.11 Å². The number of halogens is 1. The first kappa shape index (κ1) is 11.9. The number of ether oxygens (including phenoxy) is 1. The summed E-state index contributed by atoms with van der Waals surface area (Å²) in [6, 6.07) is 12.3. The third-order valence-corrected chi connectivity index (χ3v) is 3.19. The fourth-order valence-corrected chi connectivity index (χ4v) is 2.24. The molecular formula is C15H11ClO3. The number of phenols is 1. The molecule has 96 valence electrons. The summed E-state index contributed by atoms with van der Waals surface area (Å²) in [7, 11) is 0. The van der Waals surface area contributed by atoms with Crippen molar-refractivity contribution >= 4 is 22.6 Å². The van der Waals surface area contributed by atoms with Crippen molar-refractivity contribution in [3.05, 3.63) is 59.3 Å². The molecule has 0 fully saturated rings. The van der Waals surface area contributed by atoms with E-state index in [4.69, 9.17) is 20.8 Å². The average Bonchev–Trinajstić information content (AvgIpc) is 2.83. The van der Waals surface area contributed by atoms with E-state index in [0.717, 1.165) is 16.5 Å². The SMILES string of the molecule is Oc1ccccc1OCc1coc2cccc(Cl)c12. The molecule has 3 rings (SSSR count). The largest absolute Gasteiger partial charge is 0.504 e. The minimum atomic E-state index is 0.112. The van der Waals surface area contributed by atoms with Gasteiger partial charge in [0.05, 0.1) is 11.3 Å². The molecule has 1 N–H and O–H groups in total. The second-order valence-electron chi connectivity index (χ2n) is 4.13. The number of benzene rings is 2. The molecule has 0 aliphatic heterocycles. The van der Waals surface area contributed by atoms with Crippen LogP contribution in [0.4, 0.5) is 0 Å². The molecule has 3 aromatic rings. The summed E-state index contributed by atoms with van der Waals surface area (Å²) >= 11 is 6.15. The van der Waals surface area contributed by atoms with Crippen LogP contribution in [0.2, 0.25) is 5.02 Å².